The molecule has 30 heavy (non-hydrogen) atoms. The minimum atomic E-state index is -0.130. The topological polar surface area (TPSA) is 53.6 Å². The number of rotatable bonds is 7. The van der Waals surface area contributed by atoms with Crippen molar-refractivity contribution in [3.8, 4) is 0 Å². The minimum absolute atomic E-state index is 0.130. The zero-order valence-electron chi connectivity index (χ0n) is 17.0. The molecule has 2 N–H and O–H groups in total. The highest BCUT2D eigenvalue weighted by Gasteiger charge is 2.12. The fourth-order valence-electron chi connectivity index (χ4n) is 3.53. The lowest BCUT2D eigenvalue weighted by atomic mass is 10.1. The van der Waals surface area contributed by atoms with Crippen LogP contribution in [0.15, 0.2) is 78.9 Å². The van der Waals surface area contributed by atoms with Crippen molar-refractivity contribution in [2.75, 3.05) is 43.5 Å². The number of nitrogens with one attached hydrogen (secondary N) is 2. The summed E-state index contributed by atoms with van der Waals surface area (Å²) in [5, 5.41) is 6.33. The normalized spacial score (nSPS) is 14.3. The molecule has 1 heterocycles. The van der Waals surface area contributed by atoms with Crippen LogP contribution in [0.3, 0.4) is 0 Å². The van der Waals surface area contributed by atoms with Crippen LogP contribution in [0.2, 0.25) is 0 Å². The van der Waals surface area contributed by atoms with E-state index in [1.165, 1.54) is 5.56 Å². The van der Waals surface area contributed by atoms with Gasteiger partial charge in [0.1, 0.15) is 0 Å². The van der Waals surface area contributed by atoms with Gasteiger partial charge in [-0.15, -0.1) is 0 Å². The molecular formula is C25H27N3O2. The number of carbonyl (C=O) groups is 1. The number of para-hydroxylation sites is 2. The molecule has 5 nitrogen and oxygen atoms in total. The molecule has 1 aliphatic rings. The van der Waals surface area contributed by atoms with Crippen molar-refractivity contribution in [3.05, 3.63) is 90.0 Å². The maximum atomic E-state index is 12.9. The Kier molecular flexibility index (Phi) is 6.75. The number of hydrogen-bond donors (Lipinski definition) is 2. The van der Waals surface area contributed by atoms with Gasteiger partial charge in [-0.1, -0.05) is 42.5 Å². The van der Waals surface area contributed by atoms with Gasteiger partial charge in [0.25, 0.3) is 5.91 Å². The van der Waals surface area contributed by atoms with Gasteiger partial charge in [0.15, 0.2) is 0 Å². The van der Waals surface area contributed by atoms with E-state index in [1.807, 2.05) is 66.7 Å². The minimum Gasteiger partial charge on any atom is -0.379 e. The fourth-order valence-corrected chi connectivity index (χ4v) is 3.53. The van der Waals surface area contributed by atoms with Crippen LogP contribution in [-0.2, 0) is 11.2 Å². The van der Waals surface area contributed by atoms with Crippen LogP contribution >= 0.6 is 0 Å². The quantitative estimate of drug-likeness (QED) is 0.610. The summed E-state index contributed by atoms with van der Waals surface area (Å²) in [7, 11) is 0. The van der Waals surface area contributed by atoms with Crippen molar-refractivity contribution in [3.63, 3.8) is 0 Å². The maximum Gasteiger partial charge on any atom is 0.257 e. The van der Waals surface area contributed by atoms with E-state index in [2.05, 4.69) is 27.7 Å². The van der Waals surface area contributed by atoms with Gasteiger partial charge in [-0.25, -0.2) is 0 Å². The Morgan fingerprint density at radius 3 is 2.30 bits per heavy atom. The van der Waals surface area contributed by atoms with Crippen LogP contribution in [0.25, 0.3) is 0 Å². The highest BCUT2D eigenvalue weighted by atomic mass is 16.5. The summed E-state index contributed by atoms with van der Waals surface area (Å²) < 4.78 is 5.40. The molecule has 0 aliphatic carbocycles. The number of ether oxygens (including phenoxy) is 1. The highest BCUT2D eigenvalue weighted by molar-refractivity contribution is 6.08. The lowest BCUT2D eigenvalue weighted by Crippen LogP contribution is -2.37. The number of hydrogen-bond acceptors (Lipinski definition) is 4. The average molecular weight is 402 g/mol. The van der Waals surface area contributed by atoms with Crippen LogP contribution < -0.4 is 10.6 Å². The molecule has 1 saturated heterocycles. The van der Waals surface area contributed by atoms with Crippen LogP contribution in [0.1, 0.15) is 15.9 Å². The second kappa shape index (κ2) is 10.1. The molecule has 154 valence electrons. The van der Waals surface area contributed by atoms with Crippen molar-refractivity contribution in [1.29, 1.82) is 0 Å². The van der Waals surface area contributed by atoms with Crippen molar-refractivity contribution >= 4 is 23.0 Å². The van der Waals surface area contributed by atoms with Gasteiger partial charge >= 0.3 is 0 Å². The summed E-state index contributed by atoms with van der Waals surface area (Å²) in [5.41, 5.74) is 4.40. The third kappa shape index (κ3) is 5.47. The highest BCUT2D eigenvalue weighted by Crippen LogP contribution is 2.22. The third-order valence-corrected chi connectivity index (χ3v) is 5.26. The van der Waals surface area contributed by atoms with Crippen molar-refractivity contribution in [2.45, 2.75) is 6.42 Å². The summed E-state index contributed by atoms with van der Waals surface area (Å²) >= 11 is 0. The van der Waals surface area contributed by atoms with E-state index in [0.717, 1.165) is 56.3 Å². The molecule has 1 amide bonds. The largest absolute Gasteiger partial charge is 0.379 e. The fraction of sp³-hybridized carbons (Fsp3) is 0.240. The van der Waals surface area contributed by atoms with E-state index >= 15 is 0 Å². The first-order valence-corrected chi connectivity index (χ1v) is 10.4. The van der Waals surface area contributed by atoms with Gasteiger partial charge in [0.2, 0.25) is 0 Å². The Morgan fingerprint density at radius 2 is 1.53 bits per heavy atom. The average Bonchev–Trinajstić information content (AvgIpc) is 2.80. The number of amides is 1. The molecule has 5 heteroatoms. The zero-order valence-corrected chi connectivity index (χ0v) is 17.0. The van der Waals surface area contributed by atoms with E-state index in [0.29, 0.717) is 5.56 Å². The predicted molar refractivity (Wildman–Crippen MR) is 122 cm³/mol. The second-order valence-corrected chi connectivity index (χ2v) is 7.39. The first-order valence-electron chi connectivity index (χ1n) is 10.4. The standard InChI is InChI=1S/C25H27N3O2/c29-25(23-8-4-5-9-24(23)26-21-6-2-1-3-7-21)27-22-12-10-20(11-13-22)14-15-28-16-18-30-19-17-28/h1-13,26H,14-19H2,(H,27,29). The molecular weight excluding hydrogens is 374 g/mol. The number of nitrogens with zero attached hydrogens (tertiary/aromatic N) is 1. The first kappa shape index (κ1) is 20.1. The molecule has 0 spiro atoms. The molecule has 1 aliphatic heterocycles. The molecule has 0 saturated carbocycles. The van der Waals surface area contributed by atoms with E-state index in [9.17, 15) is 4.79 Å². The van der Waals surface area contributed by atoms with Crippen molar-refractivity contribution in [2.24, 2.45) is 0 Å². The maximum absolute atomic E-state index is 12.9. The third-order valence-electron chi connectivity index (χ3n) is 5.26. The van der Waals surface area contributed by atoms with Crippen LogP contribution in [0, 0.1) is 0 Å². The molecule has 0 atom stereocenters. The molecule has 0 aromatic heterocycles. The van der Waals surface area contributed by atoms with Gasteiger partial charge in [0, 0.05) is 31.0 Å². The van der Waals surface area contributed by atoms with E-state index < -0.39 is 0 Å². The van der Waals surface area contributed by atoms with Gasteiger partial charge in [-0.05, 0) is 48.4 Å². The summed E-state index contributed by atoms with van der Waals surface area (Å²) in [4.78, 5) is 15.3. The summed E-state index contributed by atoms with van der Waals surface area (Å²) in [6.07, 6.45) is 0.998. The Balaban J connectivity index is 1.37. The van der Waals surface area contributed by atoms with Gasteiger partial charge in [-0.2, -0.15) is 0 Å². The van der Waals surface area contributed by atoms with E-state index in [1.54, 1.807) is 0 Å². The van der Waals surface area contributed by atoms with Gasteiger partial charge < -0.3 is 15.4 Å². The number of anilines is 3. The lowest BCUT2D eigenvalue weighted by Gasteiger charge is -2.26. The smallest absolute Gasteiger partial charge is 0.257 e. The van der Waals surface area contributed by atoms with Gasteiger partial charge in [0.05, 0.1) is 24.5 Å². The Hall–Kier alpha value is -3.15. The number of carbonyl (C=O) groups excluding carboxylic acids is 1. The van der Waals surface area contributed by atoms with Gasteiger partial charge in [-0.3, -0.25) is 9.69 Å². The predicted octanol–water partition coefficient (Wildman–Crippen LogP) is 4.56. The molecule has 1 fully saturated rings. The summed E-state index contributed by atoms with van der Waals surface area (Å²) in [6.45, 7) is 4.69. The molecule has 0 bridgehead atoms. The van der Waals surface area contributed by atoms with Crippen LogP contribution in [0.4, 0.5) is 17.1 Å². The Bertz CT molecular complexity index is 952. The molecule has 0 unspecified atom stereocenters. The number of morpholine rings is 1. The molecule has 0 radical (unpaired) electrons. The Morgan fingerprint density at radius 1 is 0.833 bits per heavy atom. The monoisotopic (exact) mass is 401 g/mol. The summed E-state index contributed by atoms with van der Waals surface area (Å²) in [6, 6.07) is 25.5. The van der Waals surface area contributed by atoms with E-state index in [-0.39, 0.29) is 5.91 Å². The van der Waals surface area contributed by atoms with E-state index in [4.69, 9.17) is 4.74 Å². The summed E-state index contributed by atoms with van der Waals surface area (Å²) in [5.74, 6) is -0.130. The van der Waals surface area contributed by atoms with Crippen LogP contribution in [-0.4, -0.2) is 43.7 Å². The SMILES string of the molecule is O=C(Nc1ccc(CCN2CCOCC2)cc1)c1ccccc1Nc1ccccc1. The zero-order chi connectivity index (χ0) is 20.6. The molecule has 3 aromatic carbocycles. The first-order chi connectivity index (χ1) is 14.8. The Labute approximate surface area is 177 Å². The van der Waals surface area contributed by atoms with Crippen LogP contribution in [0.5, 0.6) is 0 Å². The van der Waals surface area contributed by atoms with Crippen molar-refractivity contribution in [1.82, 2.24) is 4.90 Å². The molecule has 3 aromatic rings. The van der Waals surface area contributed by atoms with Crippen molar-refractivity contribution < 1.29 is 9.53 Å². The molecule has 4 rings (SSSR count). The lowest BCUT2D eigenvalue weighted by molar-refractivity contribution is 0.0384. The second-order valence-electron chi connectivity index (χ2n) is 7.39. The number of benzene rings is 3.